The number of amides is 1. The molecule has 4 atom stereocenters. The number of fused-ring (bicyclic) bond motifs is 1. The van der Waals surface area contributed by atoms with Crippen molar-refractivity contribution in [1.82, 2.24) is 4.90 Å². The Hall–Kier alpha value is -1.04. The third-order valence-corrected chi connectivity index (χ3v) is 7.47. The molecule has 0 aromatic carbocycles. The van der Waals surface area contributed by atoms with Gasteiger partial charge in [-0.15, -0.1) is 0 Å². The van der Waals surface area contributed by atoms with Crippen LogP contribution < -0.4 is 0 Å². The van der Waals surface area contributed by atoms with Crippen molar-refractivity contribution in [2.45, 2.75) is 79.2 Å². The van der Waals surface area contributed by atoms with E-state index >= 15 is 0 Å². The number of carbonyl (C=O) groups excluding carboxylic acids is 1. The summed E-state index contributed by atoms with van der Waals surface area (Å²) in [5.74, 6) is 0.906. The lowest BCUT2D eigenvalue weighted by Crippen LogP contribution is -2.71. The number of piperidine rings is 1. The normalized spacial score (nSPS) is 41.4. The second-order valence-corrected chi connectivity index (χ2v) is 9.60. The molecule has 128 valence electrons. The van der Waals surface area contributed by atoms with Crippen molar-refractivity contribution in [1.29, 1.82) is 5.26 Å². The van der Waals surface area contributed by atoms with Crippen LogP contribution in [0.5, 0.6) is 0 Å². The first-order valence-electron chi connectivity index (χ1n) is 9.40. The average molecular weight is 316 g/mol. The largest absolute Gasteiger partial charge is 0.339 e. The van der Waals surface area contributed by atoms with Gasteiger partial charge in [-0.1, -0.05) is 27.7 Å². The first-order valence-corrected chi connectivity index (χ1v) is 9.40. The monoisotopic (exact) mass is 316 g/mol. The molecule has 3 aliphatic rings. The average Bonchev–Trinajstić information content (AvgIpc) is 2.47. The number of nitriles is 1. The van der Waals surface area contributed by atoms with Crippen molar-refractivity contribution >= 4 is 5.91 Å². The van der Waals surface area contributed by atoms with Crippen LogP contribution >= 0.6 is 0 Å². The Kier molecular flexibility index (Phi) is 3.82. The van der Waals surface area contributed by atoms with Crippen LogP contribution in [0.15, 0.2) is 0 Å². The Bertz CT molecular complexity index is 544. The van der Waals surface area contributed by atoms with Gasteiger partial charge in [0.1, 0.15) is 5.41 Å². The van der Waals surface area contributed by atoms with E-state index in [0.29, 0.717) is 5.92 Å². The van der Waals surface area contributed by atoms with E-state index in [2.05, 4.69) is 40.7 Å². The molecule has 0 radical (unpaired) electrons. The highest BCUT2D eigenvalue weighted by molar-refractivity contribution is 5.89. The Morgan fingerprint density at radius 3 is 2.43 bits per heavy atom. The standard InChI is InChI=1S/C20H32N2O/c1-14-8-6-7-11-22(14)17(23)20(13-21)16-12-18(2,3)10-9-15(16)19(20,4)5/h14-16H,6-12H2,1-5H3. The van der Waals surface area contributed by atoms with Crippen LogP contribution in [0.25, 0.3) is 0 Å². The SMILES string of the molecule is CC1CCCCN1C(=O)C1(C#N)C2CC(C)(C)CCC2C1(C)C. The Balaban J connectivity index is 1.95. The smallest absolute Gasteiger partial charge is 0.244 e. The second-order valence-electron chi connectivity index (χ2n) is 9.60. The van der Waals surface area contributed by atoms with Gasteiger partial charge in [0.25, 0.3) is 0 Å². The molecule has 0 aromatic rings. The van der Waals surface area contributed by atoms with Crippen LogP contribution in [0.4, 0.5) is 0 Å². The van der Waals surface area contributed by atoms with Crippen molar-refractivity contribution in [2.24, 2.45) is 28.1 Å². The molecule has 3 rings (SSSR count). The van der Waals surface area contributed by atoms with Gasteiger partial charge in [0.05, 0.1) is 6.07 Å². The molecule has 1 aliphatic heterocycles. The highest BCUT2D eigenvalue weighted by Gasteiger charge is 2.73. The summed E-state index contributed by atoms with van der Waals surface area (Å²) in [5, 5.41) is 10.2. The number of carbonyl (C=O) groups is 1. The van der Waals surface area contributed by atoms with E-state index in [0.717, 1.165) is 32.2 Å². The molecule has 1 heterocycles. The van der Waals surface area contributed by atoms with E-state index < -0.39 is 5.41 Å². The number of likely N-dealkylation sites (tertiary alicyclic amines) is 1. The lowest BCUT2D eigenvalue weighted by Gasteiger charge is -2.67. The summed E-state index contributed by atoms with van der Waals surface area (Å²) in [6, 6.07) is 2.85. The molecule has 3 nitrogen and oxygen atoms in total. The molecular weight excluding hydrogens is 284 g/mol. The van der Waals surface area contributed by atoms with Crippen molar-refractivity contribution in [3.8, 4) is 6.07 Å². The molecule has 1 saturated heterocycles. The fourth-order valence-corrected chi connectivity index (χ4v) is 5.92. The van der Waals surface area contributed by atoms with E-state index in [1.807, 2.05) is 4.90 Å². The minimum atomic E-state index is -0.805. The third kappa shape index (κ3) is 2.17. The van der Waals surface area contributed by atoms with Gasteiger partial charge in [-0.05, 0) is 68.1 Å². The summed E-state index contributed by atoms with van der Waals surface area (Å²) in [6.07, 6.45) is 6.75. The molecule has 2 saturated carbocycles. The summed E-state index contributed by atoms with van der Waals surface area (Å²) in [7, 11) is 0. The van der Waals surface area contributed by atoms with Gasteiger partial charge in [0.15, 0.2) is 0 Å². The minimum Gasteiger partial charge on any atom is -0.339 e. The van der Waals surface area contributed by atoms with Crippen LogP contribution in [0.1, 0.15) is 73.1 Å². The van der Waals surface area contributed by atoms with Crippen LogP contribution in [0.3, 0.4) is 0 Å². The summed E-state index contributed by atoms with van der Waals surface area (Å²) in [4.78, 5) is 15.6. The van der Waals surface area contributed by atoms with Gasteiger partial charge >= 0.3 is 0 Å². The predicted molar refractivity (Wildman–Crippen MR) is 91.5 cm³/mol. The fourth-order valence-electron chi connectivity index (χ4n) is 5.92. The Morgan fingerprint density at radius 2 is 1.83 bits per heavy atom. The maximum atomic E-state index is 13.5. The molecule has 3 heteroatoms. The van der Waals surface area contributed by atoms with Gasteiger partial charge in [-0.2, -0.15) is 5.26 Å². The zero-order valence-corrected chi connectivity index (χ0v) is 15.5. The lowest BCUT2D eigenvalue weighted by molar-refractivity contribution is -0.208. The van der Waals surface area contributed by atoms with Gasteiger partial charge in [0.2, 0.25) is 5.91 Å². The Labute approximate surface area is 141 Å². The molecule has 0 bridgehead atoms. The number of nitrogens with zero attached hydrogens (tertiary/aromatic N) is 2. The summed E-state index contributed by atoms with van der Waals surface area (Å²) in [6.45, 7) is 11.9. The van der Waals surface area contributed by atoms with E-state index in [1.54, 1.807) is 0 Å². The Morgan fingerprint density at radius 1 is 1.13 bits per heavy atom. The summed E-state index contributed by atoms with van der Waals surface area (Å²) >= 11 is 0. The van der Waals surface area contributed by atoms with Crippen LogP contribution in [0, 0.1) is 39.4 Å². The topological polar surface area (TPSA) is 44.1 Å². The lowest BCUT2D eigenvalue weighted by atomic mass is 9.34. The van der Waals surface area contributed by atoms with E-state index in [9.17, 15) is 10.1 Å². The fraction of sp³-hybridized carbons (Fsp3) is 0.900. The molecule has 4 unspecified atom stereocenters. The molecule has 0 N–H and O–H groups in total. The highest BCUT2D eigenvalue weighted by Crippen LogP contribution is 2.71. The molecule has 0 aromatic heterocycles. The summed E-state index contributed by atoms with van der Waals surface area (Å²) in [5.41, 5.74) is -0.744. The third-order valence-electron chi connectivity index (χ3n) is 7.47. The van der Waals surface area contributed by atoms with Gasteiger partial charge in [-0.25, -0.2) is 0 Å². The van der Waals surface area contributed by atoms with E-state index in [1.165, 1.54) is 12.8 Å². The maximum Gasteiger partial charge on any atom is 0.244 e. The quantitative estimate of drug-likeness (QED) is 0.720. The van der Waals surface area contributed by atoms with Gasteiger partial charge in [-0.3, -0.25) is 4.79 Å². The van der Waals surface area contributed by atoms with Gasteiger partial charge in [0, 0.05) is 12.6 Å². The predicted octanol–water partition coefficient (Wildman–Crippen LogP) is 4.38. The second kappa shape index (κ2) is 5.23. The van der Waals surface area contributed by atoms with Crippen LogP contribution in [-0.4, -0.2) is 23.4 Å². The molecule has 2 aliphatic carbocycles. The first-order chi connectivity index (χ1) is 10.7. The maximum absolute atomic E-state index is 13.5. The van der Waals surface area contributed by atoms with Crippen molar-refractivity contribution in [2.75, 3.05) is 6.54 Å². The number of rotatable bonds is 1. The van der Waals surface area contributed by atoms with Crippen molar-refractivity contribution in [3.63, 3.8) is 0 Å². The molecule has 0 spiro atoms. The van der Waals surface area contributed by atoms with E-state index in [-0.39, 0.29) is 28.7 Å². The molecular formula is C20H32N2O. The summed E-state index contributed by atoms with van der Waals surface area (Å²) < 4.78 is 0. The molecule has 1 amide bonds. The highest BCUT2D eigenvalue weighted by atomic mass is 16.2. The first kappa shape index (κ1) is 16.8. The minimum absolute atomic E-state index is 0.135. The van der Waals surface area contributed by atoms with Crippen molar-refractivity contribution in [3.05, 3.63) is 0 Å². The zero-order valence-electron chi connectivity index (χ0n) is 15.5. The van der Waals surface area contributed by atoms with Gasteiger partial charge < -0.3 is 4.90 Å². The van der Waals surface area contributed by atoms with E-state index in [4.69, 9.17) is 0 Å². The number of hydrogen-bond donors (Lipinski definition) is 0. The van der Waals surface area contributed by atoms with Crippen LogP contribution in [0.2, 0.25) is 0 Å². The zero-order chi connectivity index (χ0) is 17.0. The number of hydrogen-bond acceptors (Lipinski definition) is 2. The molecule has 23 heavy (non-hydrogen) atoms. The van der Waals surface area contributed by atoms with Crippen molar-refractivity contribution < 1.29 is 4.79 Å². The molecule has 3 fully saturated rings. The van der Waals surface area contributed by atoms with Crippen LogP contribution in [-0.2, 0) is 4.79 Å².